The number of rotatable bonds is 4. The summed E-state index contributed by atoms with van der Waals surface area (Å²) in [6.07, 6.45) is 1.62. The summed E-state index contributed by atoms with van der Waals surface area (Å²) in [6.45, 7) is 9.23. The van der Waals surface area contributed by atoms with Crippen LogP contribution < -0.4 is 0 Å². The van der Waals surface area contributed by atoms with Gasteiger partial charge >= 0.3 is 0 Å². The molecule has 4 heteroatoms. The molecule has 1 aromatic heterocycles. The molecule has 2 aromatic carbocycles. The van der Waals surface area contributed by atoms with Crippen LogP contribution in [0.3, 0.4) is 0 Å². The van der Waals surface area contributed by atoms with Crippen molar-refractivity contribution in [1.82, 2.24) is 9.78 Å². The highest BCUT2D eigenvalue weighted by molar-refractivity contribution is 5.69. The first-order valence-corrected chi connectivity index (χ1v) is 7.83. The van der Waals surface area contributed by atoms with Gasteiger partial charge in [-0.3, -0.25) is 4.68 Å². The molecule has 0 atom stereocenters. The lowest BCUT2D eigenvalue weighted by atomic mass is 10.0. The second kappa shape index (κ2) is 6.67. The summed E-state index contributed by atoms with van der Waals surface area (Å²) in [4.78, 5) is 3.50. The molecule has 24 heavy (non-hydrogen) atoms. The first-order valence-electron chi connectivity index (χ1n) is 7.83. The Balaban J connectivity index is 1.86. The van der Waals surface area contributed by atoms with Crippen LogP contribution in [-0.4, -0.2) is 9.78 Å². The average molecular weight is 319 g/mol. The number of halogens is 1. The smallest absolute Gasteiger partial charge is 0.187 e. The van der Waals surface area contributed by atoms with Crippen LogP contribution in [0.1, 0.15) is 16.8 Å². The number of nitrogens with zero attached hydrogens (tertiary/aromatic N) is 3. The van der Waals surface area contributed by atoms with Crippen LogP contribution in [0, 0.1) is 19.3 Å². The highest BCUT2D eigenvalue weighted by Crippen LogP contribution is 2.28. The van der Waals surface area contributed by atoms with Crippen LogP contribution >= 0.6 is 0 Å². The predicted molar refractivity (Wildman–Crippen MR) is 93.5 cm³/mol. The van der Waals surface area contributed by atoms with E-state index in [0.29, 0.717) is 5.69 Å². The van der Waals surface area contributed by atoms with Crippen LogP contribution in [-0.2, 0) is 19.9 Å². The molecule has 3 rings (SSSR count). The fourth-order valence-corrected chi connectivity index (χ4v) is 2.96. The van der Waals surface area contributed by atoms with Crippen molar-refractivity contribution < 1.29 is 4.39 Å². The molecule has 0 radical (unpaired) electrons. The Kier molecular flexibility index (Phi) is 4.43. The van der Waals surface area contributed by atoms with Gasteiger partial charge in [-0.25, -0.2) is 9.24 Å². The first kappa shape index (κ1) is 15.9. The Morgan fingerprint density at radius 2 is 1.88 bits per heavy atom. The topological polar surface area (TPSA) is 22.2 Å². The minimum absolute atomic E-state index is 0.213. The van der Waals surface area contributed by atoms with Gasteiger partial charge in [0.1, 0.15) is 5.82 Å². The van der Waals surface area contributed by atoms with Crippen molar-refractivity contribution >= 4 is 5.69 Å². The Morgan fingerprint density at radius 1 is 1.12 bits per heavy atom. The minimum atomic E-state index is -0.213. The molecule has 120 valence electrons. The largest absolute Gasteiger partial charge is 0.267 e. The summed E-state index contributed by atoms with van der Waals surface area (Å²) >= 11 is 0. The number of hydrogen-bond donors (Lipinski definition) is 0. The third-order valence-corrected chi connectivity index (χ3v) is 4.19. The van der Waals surface area contributed by atoms with E-state index in [1.165, 1.54) is 12.1 Å². The van der Waals surface area contributed by atoms with E-state index in [9.17, 15) is 4.39 Å². The molecule has 1 heterocycles. The van der Waals surface area contributed by atoms with E-state index in [4.69, 9.17) is 6.57 Å². The first-order chi connectivity index (χ1) is 11.6. The molecule has 0 bridgehead atoms. The van der Waals surface area contributed by atoms with Crippen molar-refractivity contribution in [3.63, 3.8) is 0 Å². The fourth-order valence-electron chi connectivity index (χ4n) is 2.96. The van der Waals surface area contributed by atoms with Crippen molar-refractivity contribution in [2.24, 2.45) is 7.05 Å². The highest BCUT2D eigenvalue weighted by Gasteiger charge is 2.14. The summed E-state index contributed by atoms with van der Waals surface area (Å²) in [5.74, 6) is -0.213. The molecular formula is C20H18FN3. The second-order valence-corrected chi connectivity index (χ2v) is 5.83. The van der Waals surface area contributed by atoms with Gasteiger partial charge in [0, 0.05) is 7.05 Å². The molecule has 0 unspecified atom stereocenters. The second-order valence-electron chi connectivity index (χ2n) is 5.83. The molecule has 0 fully saturated rings. The molecule has 0 saturated carbocycles. The van der Waals surface area contributed by atoms with E-state index >= 15 is 0 Å². The lowest BCUT2D eigenvalue weighted by Gasteiger charge is -2.04. The van der Waals surface area contributed by atoms with Crippen molar-refractivity contribution in [3.8, 4) is 11.3 Å². The van der Waals surface area contributed by atoms with Gasteiger partial charge in [-0.05, 0) is 54.7 Å². The molecule has 0 aliphatic heterocycles. The van der Waals surface area contributed by atoms with Crippen molar-refractivity contribution in [2.45, 2.75) is 19.8 Å². The number of aromatic nitrogens is 2. The maximum atomic E-state index is 13.0. The van der Waals surface area contributed by atoms with E-state index in [2.05, 4.69) is 16.9 Å². The summed E-state index contributed by atoms with van der Waals surface area (Å²) in [7, 11) is 1.92. The van der Waals surface area contributed by atoms with Crippen molar-refractivity contribution in [3.05, 3.63) is 82.6 Å². The van der Waals surface area contributed by atoms with Gasteiger partial charge in [0.25, 0.3) is 0 Å². The Bertz CT molecular complexity index is 902. The lowest BCUT2D eigenvalue weighted by Crippen LogP contribution is -1.96. The highest BCUT2D eigenvalue weighted by atomic mass is 19.1. The average Bonchev–Trinajstić information content (AvgIpc) is 2.88. The molecule has 0 saturated heterocycles. The normalized spacial score (nSPS) is 10.6. The number of hydrogen-bond acceptors (Lipinski definition) is 1. The van der Waals surface area contributed by atoms with Crippen molar-refractivity contribution in [2.75, 3.05) is 0 Å². The van der Waals surface area contributed by atoms with E-state index in [1.54, 1.807) is 6.07 Å². The summed E-state index contributed by atoms with van der Waals surface area (Å²) < 4.78 is 14.9. The molecule has 0 amide bonds. The maximum Gasteiger partial charge on any atom is 0.187 e. The van der Waals surface area contributed by atoms with Crippen LogP contribution in [0.15, 0.2) is 48.5 Å². The van der Waals surface area contributed by atoms with Gasteiger partial charge in [-0.1, -0.05) is 30.3 Å². The molecule has 0 N–H and O–H groups in total. The molecule has 3 nitrogen and oxygen atoms in total. The van der Waals surface area contributed by atoms with Gasteiger partial charge in [0.2, 0.25) is 0 Å². The monoisotopic (exact) mass is 319 g/mol. The van der Waals surface area contributed by atoms with E-state index < -0.39 is 0 Å². The zero-order valence-corrected chi connectivity index (χ0v) is 13.8. The SMILES string of the molecule is [C-]#[N+]c1cccc(-c2c(C)c(CCc3ccc(F)cc3)nn2C)c1. The Morgan fingerprint density at radius 3 is 2.58 bits per heavy atom. The van der Waals surface area contributed by atoms with E-state index in [-0.39, 0.29) is 5.82 Å². The summed E-state index contributed by atoms with van der Waals surface area (Å²) in [5.41, 5.74) is 5.92. The van der Waals surface area contributed by atoms with E-state index in [0.717, 1.165) is 40.9 Å². The number of benzene rings is 2. The van der Waals surface area contributed by atoms with Crippen LogP contribution in [0.25, 0.3) is 16.1 Å². The van der Waals surface area contributed by atoms with Gasteiger partial charge in [0.15, 0.2) is 5.69 Å². The summed E-state index contributed by atoms with van der Waals surface area (Å²) in [5, 5.41) is 4.64. The Labute approximate surface area is 141 Å². The van der Waals surface area contributed by atoms with Crippen LogP contribution in [0.5, 0.6) is 0 Å². The quantitative estimate of drug-likeness (QED) is 0.629. The van der Waals surface area contributed by atoms with Gasteiger partial charge in [-0.15, -0.1) is 0 Å². The van der Waals surface area contributed by atoms with Gasteiger partial charge < -0.3 is 0 Å². The van der Waals surface area contributed by atoms with Gasteiger partial charge in [-0.2, -0.15) is 5.10 Å². The van der Waals surface area contributed by atoms with Gasteiger partial charge in [0.05, 0.1) is 18.0 Å². The lowest BCUT2D eigenvalue weighted by molar-refractivity contribution is 0.627. The fraction of sp³-hybridized carbons (Fsp3) is 0.200. The van der Waals surface area contributed by atoms with Crippen LogP contribution in [0.2, 0.25) is 0 Å². The van der Waals surface area contributed by atoms with Crippen molar-refractivity contribution in [1.29, 1.82) is 0 Å². The zero-order valence-electron chi connectivity index (χ0n) is 13.8. The number of aryl methyl sites for hydroxylation is 3. The third-order valence-electron chi connectivity index (χ3n) is 4.19. The molecule has 0 aliphatic rings. The minimum Gasteiger partial charge on any atom is -0.267 e. The van der Waals surface area contributed by atoms with E-state index in [1.807, 2.05) is 42.1 Å². The molecule has 0 spiro atoms. The summed E-state index contributed by atoms with van der Waals surface area (Å²) in [6, 6.07) is 14.2. The molecule has 3 aromatic rings. The van der Waals surface area contributed by atoms with Crippen LogP contribution in [0.4, 0.5) is 10.1 Å². The Hall–Kier alpha value is -2.93. The zero-order chi connectivity index (χ0) is 17.1. The molecular weight excluding hydrogens is 301 g/mol. The molecule has 0 aliphatic carbocycles. The third kappa shape index (κ3) is 3.21. The maximum absolute atomic E-state index is 13.0. The standard InChI is InChI=1S/C20H18FN3/c1-14-19(12-9-15-7-10-17(21)11-8-15)23-24(3)20(14)16-5-4-6-18(13-16)22-2/h4-8,10-11,13H,9,12H2,1,3H3. The predicted octanol–water partition coefficient (Wildman–Crippen LogP) is 4.87.